The fourth-order valence-corrected chi connectivity index (χ4v) is 2.53. The molecular formula is C16H22O4. The largest absolute Gasteiger partial charge is 0.464 e. The topological polar surface area (TPSA) is 44.8 Å². The summed E-state index contributed by atoms with van der Waals surface area (Å²) >= 11 is 0. The number of ether oxygens (including phenoxy) is 3. The summed E-state index contributed by atoms with van der Waals surface area (Å²) in [6, 6.07) is 7.85. The quantitative estimate of drug-likeness (QED) is 0.794. The first-order chi connectivity index (χ1) is 9.62. The van der Waals surface area contributed by atoms with Gasteiger partial charge in [0, 0.05) is 5.56 Å². The number of benzene rings is 1. The molecule has 1 aliphatic heterocycles. The number of carbonyl (C=O) groups is 1. The van der Waals surface area contributed by atoms with Crippen molar-refractivity contribution < 1.29 is 19.0 Å². The van der Waals surface area contributed by atoms with Crippen LogP contribution >= 0.6 is 0 Å². The van der Waals surface area contributed by atoms with Crippen molar-refractivity contribution in [2.45, 2.75) is 32.3 Å². The zero-order chi connectivity index (χ0) is 14.6. The molecule has 110 valence electrons. The second-order valence-electron chi connectivity index (χ2n) is 5.19. The molecule has 1 fully saturated rings. The number of hydrogen-bond acceptors (Lipinski definition) is 4. The smallest absolute Gasteiger partial charge is 0.345 e. The summed E-state index contributed by atoms with van der Waals surface area (Å²) in [4.78, 5) is 12.5. The maximum absolute atomic E-state index is 12.5. The molecule has 1 saturated heterocycles. The summed E-state index contributed by atoms with van der Waals surface area (Å²) in [6.07, 6.45) is 0. The molecule has 1 aromatic rings. The summed E-state index contributed by atoms with van der Waals surface area (Å²) in [5, 5.41) is 0. The number of rotatable bonds is 4. The molecule has 1 aliphatic rings. The van der Waals surface area contributed by atoms with Gasteiger partial charge < -0.3 is 14.2 Å². The van der Waals surface area contributed by atoms with Gasteiger partial charge in [-0.15, -0.1) is 0 Å². The van der Waals surface area contributed by atoms with E-state index in [-0.39, 0.29) is 12.6 Å². The summed E-state index contributed by atoms with van der Waals surface area (Å²) in [7, 11) is 0. The SMILES string of the molecule is CCOC(=O)C1(c2ccccc2C(C)C)COCCO1. The Balaban J connectivity index is 2.49. The molecule has 0 radical (unpaired) electrons. The van der Waals surface area contributed by atoms with Crippen molar-refractivity contribution in [1.29, 1.82) is 0 Å². The van der Waals surface area contributed by atoms with Crippen molar-refractivity contribution in [3.05, 3.63) is 35.4 Å². The van der Waals surface area contributed by atoms with E-state index in [9.17, 15) is 4.79 Å². The van der Waals surface area contributed by atoms with Crippen LogP contribution in [-0.4, -0.2) is 32.4 Å². The van der Waals surface area contributed by atoms with Crippen molar-refractivity contribution >= 4 is 5.97 Å². The van der Waals surface area contributed by atoms with E-state index < -0.39 is 5.60 Å². The fourth-order valence-electron chi connectivity index (χ4n) is 2.53. The minimum Gasteiger partial charge on any atom is -0.464 e. The molecule has 2 rings (SSSR count). The van der Waals surface area contributed by atoms with Gasteiger partial charge in [0.25, 0.3) is 0 Å². The number of hydrogen-bond donors (Lipinski definition) is 0. The highest BCUT2D eigenvalue weighted by molar-refractivity contribution is 5.82. The van der Waals surface area contributed by atoms with Gasteiger partial charge in [-0.05, 0) is 18.4 Å². The lowest BCUT2D eigenvalue weighted by Crippen LogP contribution is -2.49. The Kier molecular flexibility index (Phi) is 4.78. The first kappa shape index (κ1) is 15.0. The zero-order valence-corrected chi connectivity index (χ0v) is 12.3. The van der Waals surface area contributed by atoms with Gasteiger partial charge in [0.05, 0.1) is 26.4 Å². The molecule has 0 saturated carbocycles. The van der Waals surface area contributed by atoms with Gasteiger partial charge in [-0.3, -0.25) is 0 Å². The highest BCUT2D eigenvalue weighted by atomic mass is 16.6. The second kappa shape index (κ2) is 6.37. The van der Waals surface area contributed by atoms with Crippen LogP contribution in [-0.2, 0) is 24.6 Å². The van der Waals surface area contributed by atoms with E-state index in [4.69, 9.17) is 14.2 Å². The van der Waals surface area contributed by atoms with Crippen LogP contribution < -0.4 is 0 Å². The van der Waals surface area contributed by atoms with E-state index in [1.165, 1.54) is 0 Å². The van der Waals surface area contributed by atoms with Gasteiger partial charge in [-0.2, -0.15) is 0 Å². The molecule has 0 amide bonds. The molecule has 1 aromatic carbocycles. The van der Waals surface area contributed by atoms with E-state index in [1.807, 2.05) is 24.3 Å². The average molecular weight is 278 g/mol. The predicted octanol–water partition coefficient (Wildman–Crippen LogP) is 2.62. The van der Waals surface area contributed by atoms with Gasteiger partial charge >= 0.3 is 5.97 Å². The molecule has 0 aromatic heterocycles. The van der Waals surface area contributed by atoms with Gasteiger partial charge in [0.2, 0.25) is 5.60 Å². The molecule has 20 heavy (non-hydrogen) atoms. The summed E-state index contributed by atoms with van der Waals surface area (Å²) < 4.78 is 16.6. The molecule has 0 bridgehead atoms. The number of esters is 1. The minimum absolute atomic E-state index is 0.204. The van der Waals surface area contributed by atoms with Crippen LogP contribution in [0, 0.1) is 0 Å². The van der Waals surface area contributed by atoms with Crippen LogP contribution in [0.4, 0.5) is 0 Å². The Hall–Kier alpha value is -1.39. The van der Waals surface area contributed by atoms with Crippen molar-refractivity contribution in [3.8, 4) is 0 Å². The van der Waals surface area contributed by atoms with Crippen LogP contribution in [0.2, 0.25) is 0 Å². The fraction of sp³-hybridized carbons (Fsp3) is 0.562. The molecule has 1 atom stereocenters. The maximum atomic E-state index is 12.5. The first-order valence-electron chi connectivity index (χ1n) is 7.10. The third kappa shape index (κ3) is 2.72. The molecule has 0 aliphatic carbocycles. The summed E-state index contributed by atoms with van der Waals surface area (Å²) in [5.74, 6) is -0.0733. The number of carbonyl (C=O) groups excluding carboxylic acids is 1. The first-order valence-corrected chi connectivity index (χ1v) is 7.10. The van der Waals surface area contributed by atoms with E-state index in [1.54, 1.807) is 6.92 Å². The lowest BCUT2D eigenvalue weighted by molar-refractivity contribution is -0.202. The van der Waals surface area contributed by atoms with E-state index >= 15 is 0 Å². The third-order valence-electron chi connectivity index (χ3n) is 3.50. The molecule has 1 heterocycles. The Labute approximate surface area is 120 Å². The van der Waals surface area contributed by atoms with E-state index in [0.717, 1.165) is 11.1 Å². The van der Waals surface area contributed by atoms with Crippen molar-refractivity contribution in [2.75, 3.05) is 26.4 Å². The Morgan fingerprint density at radius 2 is 2.10 bits per heavy atom. The van der Waals surface area contributed by atoms with Crippen molar-refractivity contribution in [2.24, 2.45) is 0 Å². The standard InChI is InChI=1S/C16H22O4/c1-4-19-15(17)16(11-18-9-10-20-16)14-8-6-5-7-13(14)12(2)3/h5-8,12H,4,9-11H2,1-3H3. The summed E-state index contributed by atoms with van der Waals surface area (Å²) in [5.41, 5.74) is 0.814. The molecule has 0 spiro atoms. The maximum Gasteiger partial charge on any atom is 0.345 e. The van der Waals surface area contributed by atoms with E-state index in [0.29, 0.717) is 25.7 Å². The Morgan fingerprint density at radius 3 is 2.70 bits per heavy atom. The summed E-state index contributed by atoms with van der Waals surface area (Å²) in [6.45, 7) is 7.42. The van der Waals surface area contributed by atoms with Crippen LogP contribution in [0.25, 0.3) is 0 Å². The second-order valence-corrected chi connectivity index (χ2v) is 5.19. The van der Waals surface area contributed by atoms with Gasteiger partial charge in [0.1, 0.15) is 0 Å². The van der Waals surface area contributed by atoms with E-state index in [2.05, 4.69) is 13.8 Å². The monoisotopic (exact) mass is 278 g/mol. The Morgan fingerprint density at radius 1 is 1.35 bits per heavy atom. The molecule has 0 N–H and O–H groups in total. The highest BCUT2D eigenvalue weighted by Gasteiger charge is 2.46. The zero-order valence-electron chi connectivity index (χ0n) is 12.3. The third-order valence-corrected chi connectivity index (χ3v) is 3.50. The lowest BCUT2D eigenvalue weighted by Gasteiger charge is -2.36. The molecule has 4 nitrogen and oxygen atoms in total. The molecule has 1 unspecified atom stereocenters. The average Bonchev–Trinajstić information content (AvgIpc) is 2.48. The lowest BCUT2D eigenvalue weighted by atomic mass is 9.85. The van der Waals surface area contributed by atoms with Gasteiger partial charge in [-0.25, -0.2) is 4.79 Å². The highest BCUT2D eigenvalue weighted by Crippen LogP contribution is 2.35. The molecular weight excluding hydrogens is 256 g/mol. The normalized spacial score (nSPS) is 22.8. The van der Waals surface area contributed by atoms with Gasteiger partial charge in [-0.1, -0.05) is 38.1 Å². The van der Waals surface area contributed by atoms with Crippen molar-refractivity contribution in [1.82, 2.24) is 0 Å². The molecule has 4 heteroatoms. The Bertz CT molecular complexity index is 461. The predicted molar refractivity (Wildman–Crippen MR) is 75.6 cm³/mol. The van der Waals surface area contributed by atoms with Crippen molar-refractivity contribution in [3.63, 3.8) is 0 Å². The van der Waals surface area contributed by atoms with Crippen LogP contribution in [0.1, 0.15) is 37.8 Å². The van der Waals surface area contributed by atoms with Crippen LogP contribution in [0.3, 0.4) is 0 Å². The van der Waals surface area contributed by atoms with Crippen LogP contribution in [0.5, 0.6) is 0 Å². The van der Waals surface area contributed by atoms with Crippen LogP contribution in [0.15, 0.2) is 24.3 Å². The minimum atomic E-state index is -1.13. The van der Waals surface area contributed by atoms with Gasteiger partial charge in [0.15, 0.2) is 0 Å².